The molecule has 1 aromatic heterocycles. The molecule has 0 bridgehead atoms. The topological polar surface area (TPSA) is 126 Å². The zero-order valence-electron chi connectivity index (χ0n) is 15.5. The molecule has 1 aliphatic rings. The largest absolute Gasteiger partial charge is 0.382 e. The van der Waals surface area contributed by atoms with Crippen LogP contribution in [0.25, 0.3) is 16.8 Å². The number of fused-ring (bicyclic) bond motifs is 1. The smallest absolute Gasteiger partial charge is 0.251 e. The molecule has 0 fully saturated rings. The molecule has 2 heterocycles. The molecule has 2 amide bonds. The van der Waals surface area contributed by atoms with E-state index in [1.807, 2.05) is 30.5 Å². The summed E-state index contributed by atoms with van der Waals surface area (Å²) in [6.07, 6.45) is 2.38. The Morgan fingerprint density at radius 2 is 2.14 bits per heavy atom. The summed E-state index contributed by atoms with van der Waals surface area (Å²) in [4.78, 5) is 23.6. The van der Waals surface area contributed by atoms with E-state index in [1.54, 1.807) is 28.9 Å². The normalized spacial score (nSPS) is 12.6. The van der Waals surface area contributed by atoms with Crippen LogP contribution in [0, 0.1) is 11.3 Å². The number of hydrogen-bond acceptors (Lipinski definition) is 5. The molecule has 0 saturated heterocycles. The maximum absolute atomic E-state index is 11.9. The van der Waals surface area contributed by atoms with Gasteiger partial charge in [0.2, 0.25) is 5.91 Å². The van der Waals surface area contributed by atoms with Crippen LogP contribution in [0.2, 0.25) is 0 Å². The van der Waals surface area contributed by atoms with Crippen LogP contribution in [0.3, 0.4) is 0 Å². The second kappa shape index (κ2) is 7.48. The zero-order chi connectivity index (χ0) is 20.4. The van der Waals surface area contributed by atoms with E-state index in [-0.39, 0.29) is 18.2 Å². The van der Waals surface area contributed by atoms with Crippen LogP contribution in [-0.2, 0) is 11.2 Å². The van der Waals surface area contributed by atoms with Crippen molar-refractivity contribution in [1.82, 2.24) is 15.1 Å². The van der Waals surface area contributed by atoms with Crippen molar-refractivity contribution < 1.29 is 9.59 Å². The molecule has 8 heteroatoms. The number of hydrogen-bond donors (Lipinski definition) is 3. The molecule has 0 saturated carbocycles. The van der Waals surface area contributed by atoms with Gasteiger partial charge in [-0.05, 0) is 41.8 Å². The number of nitrogens with one attached hydrogen (secondary N) is 2. The van der Waals surface area contributed by atoms with Crippen LogP contribution >= 0.6 is 0 Å². The van der Waals surface area contributed by atoms with E-state index in [0.29, 0.717) is 23.6 Å². The SMILES string of the molecule is N#CCC(=O)Nc1cccc(-n2cc(-c3ccc4c(c3)CCNC4=O)c(N)n2)c1. The number of carbonyl (C=O) groups excluding carboxylic acids is 2. The van der Waals surface area contributed by atoms with Gasteiger partial charge in [0, 0.05) is 29.6 Å². The van der Waals surface area contributed by atoms with Gasteiger partial charge in [0.1, 0.15) is 6.42 Å². The Morgan fingerprint density at radius 3 is 2.97 bits per heavy atom. The Labute approximate surface area is 166 Å². The highest BCUT2D eigenvalue weighted by Crippen LogP contribution is 2.29. The minimum atomic E-state index is -0.372. The molecular formula is C21H18N6O2. The molecule has 144 valence electrons. The summed E-state index contributed by atoms with van der Waals surface area (Å²) in [5.74, 6) is -0.0655. The van der Waals surface area contributed by atoms with E-state index in [2.05, 4.69) is 15.7 Å². The third-order valence-corrected chi connectivity index (χ3v) is 4.72. The molecule has 29 heavy (non-hydrogen) atoms. The quantitative estimate of drug-likeness (QED) is 0.634. The van der Waals surface area contributed by atoms with Gasteiger partial charge >= 0.3 is 0 Å². The Balaban J connectivity index is 1.65. The number of nitrogens with zero attached hydrogens (tertiary/aromatic N) is 3. The van der Waals surface area contributed by atoms with E-state index in [9.17, 15) is 9.59 Å². The predicted octanol–water partition coefficient (Wildman–Crippen LogP) is 2.26. The fourth-order valence-electron chi connectivity index (χ4n) is 3.34. The summed E-state index contributed by atoms with van der Waals surface area (Å²) in [6.45, 7) is 0.619. The fraction of sp³-hybridized carbons (Fsp3) is 0.143. The van der Waals surface area contributed by atoms with Crippen LogP contribution in [0.4, 0.5) is 11.5 Å². The molecule has 8 nitrogen and oxygen atoms in total. The van der Waals surface area contributed by atoms with Crippen molar-refractivity contribution in [2.45, 2.75) is 12.8 Å². The second-order valence-corrected chi connectivity index (χ2v) is 6.68. The van der Waals surface area contributed by atoms with E-state index >= 15 is 0 Å². The van der Waals surface area contributed by atoms with Crippen molar-refractivity contribution in [3.8, 4) is 22.9 Å². The molecule has 2 aromatic carbocycles. The minimum Gasteiger partial charge on any atom is -0.382 e. The van der Waals surface area contributed by atoms with Gasteiger partial charge in [-0.15, -0.1) is 0 Å². The molecule has 0 radical (unpaired) electrons. The van der Waals surface area contributed by atoms with Crippen molar-refractivity contribution in [3.05, 3.63) is 59.8 Å². The van der Waals surface area contributed by atoms with Crippen LogP contribution in [0.1, 0.15) is 22.3 Å². The first-order chi connectivity index (χ1) is 14.0. The Kier molecular flexibility index (Phi) is 4.71. The van der Waals surface area contributed by atoms with Gasteiger partial charge in [0.25, 0.3) is 5.91 Å². The van der Waals surface area contributed by atoms with Gasteiger partial charge in [-0.25, -0.2) is 4.68 Å². The van der Waals surface area contributed by atoms with E-state index in [4.69, 9.17) is 11.0 Å². The number of aromatic nitrogens is 2. The summed E-state index contributed by atoms with van der Waals surface area (Å²) >= 11 is 0. The molecule has 0 aliphatic carbocycles. The summed E-state index contributed by atoms with van der Waals surface area (Å²) in [7, 11) is 0. The third kappa shape index (κ3) is 3.66. The molecule has 0 atom stereocenters. The van der Waals surface area contributed by atoms with Crippen LogP contribution in [0.15, 0.2) is 48.7 Å². The lowest BCUT2D eigenvalue weighted by atomic mass is 9.96. The van der Waals surface area contributed by atoms with E-state index in [0.717, 1.165) is 28.8 Å². The Morgan fingerprint density at radius 1 is 1.28 bits per heavy atom. The van der Waals surface area contributed by atoms with Crippen LogP contribution in [0.5, 0.6) is 0 Å². The highest BCUT2D eigenvalue weighted by Gasteiger charge is 2.18. The van der Waals surface area contributed by atoms with Gasteiger partial charge < -0.3 is 16.4 Å². The van der Waals surface area contributed by atoms with Crippen molar-refractivity contribution >= 4 is 23.3 Å². The van der Waals surface area contributed by atoms with Gasteiger partial charge in [0.05, 0.1) is 11.8 Å². The van der Waals surface area contributed by atoms with Crippen molar-refractivity contribution in [1.29, 1.82) is 5.26 Å². The lowest BCUT2D eigenvalue weighted by Crippen LogP contribution is -2.31. The molecule has 4 rings (SSSR count). The second-order valence-electron chi connectivity index (χ2n) is 6.68. The fourth-order valence-corrected chi connectivity index (χ4v) is 3.34. The summed E-state index contributed by atoms with van der Waals surface area (Å²) in [5.41, 5.74) is 10.8. The maximum Gasteiger partial charge on any atom is 0.251 e. The maximum atomic E-state index is 11.9. The molecule has 3 aromatic rings. The standard InChI is InChI=1S/C21H18N6O2/c22-8-6-19(28)25-15-2-1-3-16(11-15)27-12-18(20(23)26-27)13-4-5-17-14(10-13)7-9-24-21(17)29/h1-5,10-12H,6-7,9H2,(H2,23,26)(H,24,29)(H,25,28). The average molecular weight is 386 g/mol. The molecular weight excluding hydrogens is 368 g/mol. The number of benzene rings is 2. The number of anilines is 2. The van der Waals surface area contributed by atoms with E-state index < -0.39 is 0 Å². The first-order valence-corrected chi connectivity index (χ1v) is 9.09. The highest BCUT2D eigenvalue weighted by molar-refractivity contribution is 5.97. The number of amides is 2. The number of carbonyl (C=O) groups is 2. The number of nitriles is 1. The monoisotopic (exact) mass is 386 g/mol. The number of nitrogens with two attached hydrogens (primary N) is 1. The number of rotatable bonds is 4. The lowest BCUT2D eigenvalue weighted by Gasteiger charge is -2.17. The highest BCUT2D eigenvalue weighted by atomic mass is 16.2. The molecule has 0 unspecified atom stereocenters. The summed E-state index contributed by atoms with van der Waals surface area (Å²) < 4.78 is 1.64. The predicted molar refractivity (Wildman–Crippen MR) is 108 cm³/mol. The summed E-state index contributed by atoms with van der Waals surface area (Å²) in [6, 6.07) is 14.6. The van der Waals surface area contributed by atoms with Crippen LogP contribution in [-0.4, -0.2) is 28.1 Å². The molecule has 0 spiro atoms. The van der Waals surface area contributed by atoms with Gasteiger partial charge in [-0.3, -0.25) is 9.59 Å². The van der Waals surface area contributed by atoms with Crippen LogP contribution < -0.4 is 16.4 Å². The Bertz CT molecular complexity index is 1160. The van der Waals surface area contributed by atoms with Gasteiger partial charge in [-0.2, -0.15) is 10.4 Å². The van der Waals surface area contributed by atoms with Crippen molar-refractivity contribution in [2.75, 3.05) is 17.6 Å². The Hall–Kier alpha value is -4.12. The van der Waals surface area contributed by atoms with Crippen molar-refractivity contribution in [2.24, 2.45) is 0 Å². The first kappa shape index (κ1) is 18.3. The van der Waals surface area contributed by atoms with E-state index in [1.165, 1.54) is 0 Å². The first-order valence-electron chi connectivity index (χ1n) is 9.09. The summed E-state index contributed by atoms with van der Waals surface area (Å²) in [5, 5.41) is 18.5. The third-order valence-electron chi connectivity index (χ3n) is 4.72. The van der Waals surface area contributed by atoms with Gasteiger partial charge in [-0.1, -0.05) is 18.2 Å². The van der Waals surface area contributed by atoms with Crippen molar-refractivity contribution in [3.63, 3.8) is 0 Å². The lowest BCUT2D eigenvalue weighted by molar-refractivity contribution is -0.115. The number of nitrogen functional groups attached to an aromatic ring is 1. The minimum absolute atomic E-state index is 0.0586. The average Bonchev–Trinajstić information content (AvgIpc) is 3.10. The zero-order valence-corrected chi connectivity index (χ0v) is 15.5. The molecule has 4 N–H and O–H groups in total. The van der Waals surface area contributed by atoms with Gasteiger partial charge in [0.15, 0.2) is 5.82 Å². The molecule has 1 aliphatic heterocycles.